The van der Waals surface area contributed by atoms with Gasteiger partial charge in [0.05, 0.1) is 18.8 Å². The van der Waals surface area contributed by atoms with E-state index in [1.807, 2.05) is 34.8 Å². The molecule has 1 heterocycles. The molecule has 0 aliphatic heterocycles. The first kappa shape index (κ1) is 16.7. The first-order chi connectivity index (χ1) is 11.6. The number of amides is 1. The fraction of sp³-hybridized carbons (Fsp3) is 0.474. The van der Waals surface area contributed by atoms with Crippen molar-refractivity contribution < 1.29 is 4.79 Å². The van der Waals surface area contributed by atoms with Crippen molar-refractivity contribution in [2.24, 2.45) is 0 Å². The summed E-state index contributed by atoms with van der Waals surface area (Å²) in [5.41, 5.74) is 2.51. The van der Waals surface area contributed by atoms with Gasteiger partial charge in [-0.25, -0.2) is 4.68 Å². The number of anilines is 1. The highest BCUT2D eigenvalue weighted by Crippen LogP contribution is 2.31. The van der Waals surface area contributed by atoms with Gasteiger partial charge in [0, 0.05) is 12.6 Å². The van der Waals surface area contributed by atoms with Gasteiger partial charge in [-0.15, -0.1) is 0 Å². The molecule has 1 fully saturated rings. The zero-order valence-corrected chi connectivity index (χ0v) is 14.5. The highest BCUT2D eigenvalue weighted by atomic mass is 16.2. The van der Waals surface area contributed by atoms with Crippen molar-refractivity contribution in [3.05, 3.63) is 47.7 Å². The van der Waals surface area contributed by atoms with Gasteiger partial charge in [-0.1, -0.05) is 37.1 Å². The molecular weight excluding hydrogens is 300 g/mol. The Kier molecular flexibility index (Phi) is 5.30. The number of carbonyl (C=O) groups excluding carboxylic acids is 1. The van der Waals surface area contributed by atoms with Crippen molar-refractivity contribution in [3.63, 3.8) is 0 Å². The normalized spacial score (nSPS) is 15.1. The number of rotatable bonds is 6. The molecule has 0 radical (unpaired) electrons. The lowest BCUT2D eigenvalue weighted by atomic mass is 10.1. The van der Waals surface area contributed by atoms with Crippen molar-refractivity contribution in [1.29, 1.82) is 0 Å². The first-order valence-electron chi connectivity index (χ1n) is 8.70. The molecule has 0 saturated heterocycles. The number of hydrogen-bond acceptors (Lipinski definition) is 3. The number of likely N-dealkylation sites (N-methyl/N-ethyl adjacent to an activating group) is 1. The summed E-state index contributed by atoms with van der Waals surface area (Å²) in [6.07, 6.45) is 6.56. The molecule has 24 heavy (non-hydrogen) atoms. The molecule has 0 unspecified atom stereocenters. The van der Waals surface area contributed by atoms with Crippen LogP contribution in [-0.4, -0.2) is 34.2 Å². The molecule has 5 nitrogen and oxygen atoms in total. The summed E-state index contributed by atoms with van der Waals surface area (Å²) < 4.78 is 1.98. The van der Waals surface area contributed by atoms with Crippen molar-refractivity contribution >= 4 is 11.7 Å². The lowest BCUT2D eigenvalue weighted by Crippen LogP contribution is -2.31. The fourth-order valence-corrected chi connectivity index (χ4v) is 3.41. The van der Waals surface area contributed by atoms with Gasteiger partial charge in [0.1, 0.15) is 5.82 Å². The molecule has 1 amide bonds. The van der Waals surface area contributed by atoms with Crippen LogP contribution in [0.25, 0.3) is 0 Å². The van der Waals surface area contributed by atoms with Gasteiger partial charge >= 0.3 is 0 Å². The van der Waals surface area contributed by atoms with Crippen LogP contribution in [0, 0.1) is 6.92 Å². The topological polar surface area (TPSA) is 50.2 Å². The van der Waals surface area contributed by atoms with Gasteiger partial charge in [0.2, 0.25) is 5.91 Å². The minimum Gasteiger partial charge on any atom is -0.310 e. The molecule has 128 valence electrons. The molecule has 1 aromatic heterocycles. The van der Waals surface area contributed by atoms with Crippen LogP contribution < -0.4 is 5.32 Å². The summed E-state index contributed by atoms with van der Waals surface area (Å²) >= 11 is 0. The van der Waals surface area contributed by atoms with Crippen LogP contribution in [0.4, 0.5) is 5.82 Å². The standard InChI is InChI=1S/C19H26N4O/c1-15-7-3-4-8-16(15)13-22(2)14-19(24)21-18-11-12-20-23(18)17-9-5-6-10-17/h3-4,7-8,11-12,17H,5-6,9-10,13-14H2,1-2H3,(H,21,24). The molecule has 1 aromatic carbocycles. The predicted molar refractivity (Wildman–Crippen MR) is 95.9 cm³/mol. The predicted octanol–water partition coefficient (Wildman–Crippen LogP) is 3.38. The third-order valence-corrected chi connectivity index (χ3v) is 4.72. The molecule has 3 rings (SSSR count). The van der Waals surface area contributed by atoms with E-state index in [4.69, 9.17) is 0 Å². The number of aromatic nitrogens is 2. The lowest BCUT2D eigenvalue weighted by molar-refractivity contribution is -0.117. The SMILES string of the molecule is Cc1ccccc1CN(C)CC(=O)Nc1ccnn1C1CCCC1. The van der Waals surface area contributed by atoms with Crippen LogP contribution in [0.1, 0.15) is 42.9 Å². The molecule has 2 aromatic rings. The Morgan fingerprint density at radius 1 is 1.29 bits per heavy atom. The summed E-state index contributed by atoms with van der Waals surface area (Å²) in [4.78, 5) is 14.4. The smallest absolute Gasteiger partial charge is 0.239 e. The number of nitrogens with zero attached hydrogens (tertiary/aromatic N) is 3. The average molecular weight is 326 g/mol. The van der Waals surface area contributed by atoms with E-state index in [2.05, 4.69) is 29.5 Å². The number of hydrogen-bond donors (Lipinski definition) is 1. The van der Waals surface area contributed by atoms with Crippen LogP contribution in [0.2, 0.25) is 0 Å². The van der Waals surface area contributed by atoms with Gasteiger partial charge in [-0.05, 0) is 37.9 Å². The van der Waals surface area contributed by atoms with E-state index in [1.54, 1.807) is 6.20 Å². The number of nitrogens with one attached hydrogen (secondary N) is 1. The molecule has 0 atom stereocenters. The third kappa shape index (κ3) is 4.03. The number of carbonyl (C=O) groups is 1. The quantitative estimate of drug-likeness (QED) is 0.885. The second kappa shape index (κ2) is 7.62. The largest absolute Gasteiger partial charge is 0.310 e. The lowest BCUT2D eigenvalue weighted by Gasteiger charge is -2.19. The van der Waals surface area contributed by atoms with Gasteiger partial charge in [-0.2, -0.15) is 5.10 Å². The maximum absolute atomic E-state index is 12.4. The van der Waals surface area contributed by atoms with E-state index in [0.717, 1.165) is 25.2 Å². The second-order valence-electron chi connectivity index (χ2n) is 6.75. The maximum atomic E-state index is 12.4. The van der Waals surface area contributed by atoms with E-state index in [1.165, 1.54) is 24.0 Å². The van der Waals surface area contributed by atoms with Crippen LogP contribution in [0.3, 0.4) is 0 Å². The number of aryl methyl sites for hydroxylation is 1. The Balaban J connectivity index is 1.56. The summed E-state index contributed by atoms with van der Waals surface area (Å²) in [5, 5.41) is 7.42. The van der Waals surface area contributed by atoms with Gasteiger partial charge in [-0.3, -0.25) is 9.69 Å². The van der Waals surface area contributed by atoms with Crippen molar-refractivity contribution in [2.45, 2.75) is 45.2 Å². The van der Waals surface area contributed by atoms with Crippen molar-refractivity contribution in [2.75, 3.05) is 18.9 Å². The van der Waals surface area contributed by atoms with E-state index in [-0.39, 0.29) is 5.91 Å². The molecule has 0 spiro atoms. The Morgan fingerprint density at radius 2 is 2.04 bits per heavy atom. The van der Waals surface area contributed by atoms with Crippen LogP contribution >= 0.6 is 0 Å². The number of benzene rings is 1. The van der Waals surface area contributed by atoms with Crippen molar-refractivity contribution in [1.82, 2.24) is 14.7 Å². The summed E-state index contributed by atoms with van der Waals surface area (Å²) in [7, 11) is 1.97. The average Bonchev–Trinajstić information content (AvgIpc) is 3.20. The van der Waals surface area contributed by atoms with Gasteiger partial charge in [0.25, 0.3) is 0 Å². The molecule has 5 heteroatoms. The van der Waals surface area contributed by atoms with Crippen LogP contribution in [0.5, 0.6) is 0 Å². The molecule has 1 N–H and O–H groups in total. The Bertz CT molecular complexity index is 688. The Morgan fingerprint density at radius 3 is 2.79 bits per heavy atom. The molecule has 1 aliphatic carbocycles. The first-order valence-corrected chi connectivity index (χ1v) is 8.70. The monoisotopic (exact) mass is 326 g/mol. The van der Waals surface area contributed by atoms with E-state index >= 15 is 0 Å². The minimum absolute atomic E-state index is 0.00540. The second-order valence-corrected chi connectivity index (χ2v) is 6.75. The highest BCUT2D eigenvalue weighted by molar-refractivity contribution is 5.91. The third-order valence-electron chi connectivity index (χ3n) is 4.72. The Hall–Kier alpha value is -2.14. The zero-order valence-electron chi connectivity index (χ0n) is 14.5. The van der Waals surface area contributed by atoms with Gasteiger partial charge in [0.15, 0.2) is 0 Å². The highest BCUT2D eigenvalue weighted by Gasteiger charge is 2.20. The zero-order chi connectivity index (χ0) is 16.9. The van der Waals surface area contributed by atoms with Crippen LogP contribution in [0.15, 0.2) is 36.5 Å². The van der Waals surface area contributed by atoms with E-state index in [9.17, 15) is 4.79 Å². The fourth-order valence-electron chi connectivity index (χ4n) is 3.41. The van der Waals surface area contributed by atoms with Crippen LogP contribution in [-0.2, 0) is 11.3 Å². The molecule has 1 saturated carbocycles. The minimum atomic E-state index is 0.00540. The van der Waals surface area contributed by atoms with E-state index in [0.29, 0.717) is 12.6 Å². The van der Waals surface area contributed by atoms with Gasteiger partial charge < -0.3 is 5.32 Å². The molecule has 0 bridgehead atoms. The maximum Gasteiger partial charge on any atom is 0.239 e. The molecule has 1 aliphatic rings. The summed E-state index contributed by atoms with van der Waals surface area (Å²) in [5.74, 6) is 0.821. The van der Waals surface area contributed by atoms with E-state index < -0.39 is 0 Å². The molecular formula is C19H26N4O. The summed E-state index contributed by atoms with van der Waals surface area (Å²) in [6.45, 7) is 3.23. The Labute approximate surface area is 143 Å². The van der Waals surface area contributed by atoms with Crippen molar-refractivity contribution in [3.8, 4) is 0 Å². The summed E-state index contributed by atoms with van der Waals surface area (Å²) in [6, 6.07) is 10.6.